The molecule has 0 saturated carbocycles. The van der Waals surface area contributed by atoms with E-state index in [9.17, 15) is 0 Å². The molecule has 112 valence electrons. The van der Waals surface area contributed by atoms with Crippen LogP contribution in [0, 0.1) is 11.3 Å². The minimum Gasteiger partial charge on any atom is -0.491 e. The Balaban J connectivity index is 2.35. The van der Waals surface area contributed by atoms with Gasteiger partial charge < -0.3 is 9.30 Å². The van der Waals surface area contributed by atoms with E-state index in [-0.39, 0.29) is 6.10 Å². The van der Waals surface area contributed by atoms with Gasteiger partial charge in [0.2, 0.25) is 0 Å². The number of hydrogen-bond acceptors (Lipinski definition) is 3. The average Bonchev–Trinajstić information content (AvgIpc) is 2.76. The van der Waals surface area contributed by atoms with Crippen molar-refractivity contribution in [2.24, 2.45) is 0 Å². The van der Waals surface area contributed by atoms with E-state index in [1.165, 1.54) is 12.8 Å². The van der Waals surface area contributed by atoms with Crippen LogP contribution in [0.4, 0.5) is 0 Å². The molecular weight excluding hydrogens is 262 g/mol. The van der Waals surface area contributed by atoms with Crippen LogP contribution in [0.5, 0.6) is 5.75 Å². The first-order valence-electron chi connectivity index (χ1n) is 7.68. The number of hydrogen-bond donors (Lipinski definition) is 0. The predicted octanol–water partition coefficient (Wildman–Crippen LogP) is 4.08. The maximum Gasteiger partial charge on any atom is 0.124 e. The lowest BCUT2D eigenvalue weighted by atomic mass is 10.2. The van der Waals surface area contributed by atoms with Crippen molar-refractivity contribution in [2.75, 3.05) is 0 Å². The Labute approximate surface area is 126 Å². The molecule has 0 N–H and O–H groups in total. The summed E-state index contributed by atoms with van der Waals surface area (Å²) in [5.74, 6) is 1.68. The van der Waals surface area contributed by atoms with Gasteiger partial charge in [0.25, 0.3) is 0 Å². The zero-order valence-corrected chi connectivity index (χ0v) is 13.1. The number of nitriles is 1. The molecule has 0 atom stereocenters. The molecular formula is C17H23N3O. The topological polar surface area (TPSA) is 50.8 Å². The van der Waals surface area contributed by atoms with Crippen LogP contribution in [-0.4, -0.2) is 15.7 Å². The van der Waals surface area contributed by atoms with Crippen LogP contribution in [0.15, 0.2) is 18.2 Å². The highest BCUT2D eigenvalue weighted by Gasteiger charge is 2.11. The molecule has 0 aliphatic rings. The molecule has 0 aliphatic heterocycles. The number of unbranched alkanes of at least 4 members (excludes halogenated alkanes) is 2. The monoisotopic (exact) mass is 285 g/mol. The molecule has 0 unspecified atom stereocenters. The Hall–Kier alpha value is -2.02. The van der Waals surface area contributed by atoms with Crippen molar-refractivity contribution in [3.8, 4) is 11.8 Å². The summed E-state index contributed by atoms with van der Waals surface area (Å²) in [6.45, 7) is 7.13. The minimum absolute atomic E-state index is 0.146. The van der Waals surface area contributed by atoms with Crippen LogP contribution in [0.25, 0.3) is 11.0 Å². The van der Waals surface area contributed by atoms with E-state index >= 15 is 0 Å². The Morgan fingerprint density at radius 1 is 1.33 bits per heavy atom. The third-order valence-electron chi connectivity index (χ3n) is 3.39. The zero-order valence-electron chi connectivity index (χ0n) is 13.1. The van der Waals surface area contributed by atoms with Crippen LogP contribution in [0.2, 0.25) is 0 Å². The third-order valence-corrected chi connectivity index (χ3v) is 3.39. The van der Waals surface area contributed by atoms with Crippen molar-refractivity contribution >= 4 is 11.0 Å². The summed E-state index contributed by atoms with van der Waals surface area (Å²) in [6.07, 6.45) is 3.99. The fourth-order valence-electron chi connectivity index (χ4n) is 2.48. The fourth-order valence-corrected chi connectivity index (χ4v) is 2.48. The van der Waals surface area contributed by atoms with Crippen molar-refractivity contribution < 1.29 is 4.74 Å². The fraction of sp³-hybridized carbons (Fsp3) is 0.529. The summed E-state index contributed by atoms with van der Waals surface area (Å²) in [4.78, 5) is 4.61. The van der Waals surface area contributed by atoms with Gasteiger partial charge in [-0.15, -0.1) is 0 Å². The largest absolute Gasteiger partial charge is 0.491 e. The Morgan fingerprint density at radius 2 is 2.14 bits per heavy atom. The second kappa shape index (κ2) is 7.12. The number of imidazole rings is 1. The van der Waals surface area contributed by atoms with Crippen LogP contribution >= 0.6 is 0 Å². The van der Waals surface area contributed by atoms with Gasteiger partial charge in [-0.25, -0.2) is 4.98 Å². The Bertz CT molecular complexity index is 637. The number of rotatable bonds is 7. The van der Waals surface area contributed by atoms with Gasteiger partial charge >= 0.3 is 0 Å². The van der Waals surface area contributed by atoms with Gasteiger partial charge in [-0.1, -0.05) is 19.8 Å². The van der Waals surface area contributed by atoms with Crippen molar-refractivity contribution in [1.82, 2.24) is 9.55 Å². The molecule has 0 saturated heterocycles. The van der Waals surface area contributed by atoms with Gasteiger partial charge in [-0.3, -0.25) is 0 Å². The number of ether oxygens (including phenoxy) is 1. The van der Waals surface area contributed by atoms with Gasteiger partial charge in [0.15, 0.2) is 0 Å². The van der Waals surface area contributed by atoms with Gasteiger partial charge in [-0.05, 0) is 32.4 Å². The van der Waals surface area contributed by atoms with E-state index in [0.717, 1.165) is 35.6 Å². The Morgan fingerprint density at radius 3 is 2.81 bits per heavy atom. The molecule has 0 bridgehead atoms. The molecule has 0 aliphatic carbocycles. The molecule has 0 amide bonds. The first-order chi connectivity index (χ1) is 10.2. The molecule has 1 aromatic carbocycles. The zero-order chi connectivity index (χ0) is 15.2. The van der Waals surface area contributed by atoms with E-state index in [1.807, 2.05) is 32.0 Å². The molecule has 2 rings (SSSR count). The van der Waals surface area contributed by atoms with Crippen molar-refractivity contribution in [1.29, 1.82) is 5.26 Å². The molecule has 21 heavy (non-hydrogen) atoms. The highest BCUT2D eigenvalue weighted by molar-refractivity contribution is 5.78. The van der Waals surface area contributed by atoms with Crippen LogP contribution in [0.1, 0.15) is 45.9 Å². The molecule has 0 spiro atoms. The second-order valence-electron chi connectivity index (χ2n) is 5.54. The average molecular weight is 285 g/mol. The maximum atomic E-state index is 8.99. The van der Waals surface area contributed by atoms with E-state index < -0.39 is 0 Å². The molecule has 1 heterocycles. The SMILES string of the molecule is CCCCCn1c(CC#N)nc2cc(OC(C)C)ccc21. The van der Waals surface area contributed by atoms with Crippen molar-refractivity contribution in [3.63, 3.8) is 0 Å². The first-order valence-corrected chi connectivity index (χ1v) is 7.68. The second-order valence-corrected chi connectivity index (χ2v) is 5.54. The van der Waals surface area contributed by atoms with Gasteiger partial charge in [0.1, 0.15) is 11.6 Å². The summed E-state index contributed by atoms with van der Waals surface area (Å²) in [7, 11) is 0. The van der Waals surface area contributed by atoms with Crippen LogP contribution in [-0.2, 0) is 13.0 Å². The van der Waals surface area contributed by atoms with E-state index in [0.29, 0.717) is 6.42 Å². The summed E-state index contributed by atoms with van der Waals surface area (Å²) in [5.41, 5.74) is 2.00. The molecule has 0 fully saturated rings. The number of fused-ring (bicyclic) bond motifs is 1. The lowest BCUT2D eigenvalue weighted by Crippen LogP contribution is -2.05. The quantitative estimate of drug-likeness (QED) is 0.720. The first kappa shape index (κ1) is 15.4. The lowest BCUT2D eigenvalue weighted by Gasteiger charge is -2.10. The lowest BCUT2D eigenvalue weighted by molar-refractivity contribution is 0.242. The maximum absolute atomic E-state index is 8.99. The van der Waals surface area contributed by atoms with E-state index in [2.05, 4.69) is 22.5 Å². The van der Waals surface area contributed by atoms with Crippen molar-refractivity contribution in [3.05, 3.63) is 24.0 Å². The molecule has 1 aromatic heterocycles. The van der Waals surface area contributed by atoms with Crippen LogP contribution in [0.3, 0.4) is 0 Å². The summed E-state index contributed by atoms with van der Waals surface area (Å²) in [5, 5.41) is 8.99. The smallest absolute Gasteiger partial charge is 0.124 e. The standard InChI is InChI=1S/C17H23N3O/c1-4-5-6-11-20-16-8-7-14(21-13(2)3)12-15(16)19-17(20)9-10-18/h7-8,12-13H,4-6,9,11H2,1-3H3. The molecule has 0 radical (unpaired) electrons. The van der Waals surface area contributed by atoms with Crippen molar-refractivity contribution in [2.45, 2.75) is 59.1 Å². The summed E-state index contributed by atoms with van der Waals surface area (Å²) < 4.78 is 7.89. The highest BCUT2D eigenvalue weighted by atomic mass is 16.5. The molecule has 4 heteroatoms. The van der Waals surface area contributed by atoms with Gasteiger partial charge in [-0.2, -0.15) is 5.26 Å². The normalized spacial score (nSPS) is 11.0. The van der Waals surface area contributed by atoms with Gasteiger partial charge in [0.05, 0.1) is 29.6 Å². The van der Waals surface area contributed by atoms with Gasteiger partial charge in [0, 0.05) is 12.6 Å². The predicted molar refractivity (Wildman–Crippen MR) is 84.3 cm³/mol. The number of benzene rings is 1. The Kier molecular flexibility index (Phi) is 5.21. The molecule has 4 nitrogen and oxygen atoms in total. The minimum atomic E-state index is 0.146. The third kappa shape index (κ3) is 3.75. The van der Waals surface area contributed by atoms with E-state index in [1.54, 1.807) is 0 Å². The van der Waals surface area contributed by atoms with Crippen LogP contribution < -0.4 is 4.74 Å². The number of aryl methyl sites for hydroxylation is 1. The summed E-state index contributed by atoms with van der Waals surface area (Å²) >= 11 is 0. The van der Waals surface area contributed by atoms with E-state index in [4.69, 9.17) is 10.00 Å². The summed E-state index contributed by atoms with van der Waals surface area (Å²) in [6, 6.07) is 8.20. The highest BCUT2D eigenvalue weighted by Crippen LogP contribution is 2.23. The number of aromatic nitrogens is 2. The molecule has 2 aromatic rings. The number of nitrogens with zero attached hydrogens (tertiary/aromatic N) is 3.